The molecule has 0 bridgehead atoms. The lowest BCUT2D eigenvalue weighted by atomic mass is 9.83. The van der Waals surface area contributed by atoms with Crippen molar-refractivity contribution in [3.63, 3.8) is 0 Å². The second-order valence-electron chi connectivity index (χ2n) is 13.9. The summed E-state index contributed by atoms with van der Waals surface area (Å²) < 4.78 is 13.6. The first-order chi connectivity index (χ1) is 26.7. The minimum absolute atomic E-state index is 0.0940. The Bertz CT molecular complexity index is 2960. The molecule has 7 aromatic carbocycles. The molecule has 0 spiro atoms. The number of fused-ring (bicyclic) bond motifs is 7. The molecule has 0 N–H and O–H groups in total. The second-order valence-corrected chi connectivity index (χ2v) is 13.9. The average molecular weight is 694 g/mol. The highest BCUT2D eigenvalue weighted by Gasteiger charge is 2.38. The van der Waals surface area contributed by atoms with Crippen molar-refractivity contribution in [2.45, 2.75) is 12.0 Å². The molecule has 9 aromatic rings. The van der Waals surface area contributed by atoms with Gasteiger partial charge >= 0.3 is 0 Å². The van der Waals surface area contributed by atoms with E-state index < -0.39 is 0 Å². The number of ether oxygens (including phenoxy) is 1. The summed E-state index contributed by atoms with van der Waals surface area (Å²) in [6, 6.07) is 54.3. The van der Waals surface area contributed by atoms with Crippen LogP contribution in [0.3, 0.4) is 0 Å². The van der Waals surface area contributed by atoms with Gasteiger partial charge in [0.1, 0.15) is 23.0 Å². The Balaban J connectivity index is 1.07. The van der Waals surface area contributed by atoms with Crippen LogP contribution in [0.25, 0.3) is 83.6 Å². The Kier molecular flexibility index (Phi) is 6.92. The highest BCUT2D eigenvalue weighted by Crippen LogP contribution is 2.49. The van der Waals surface area contributed by atoms with E-state index in [2.05, 4.69) is 127 Å². The zero-order valence-electron chi connectivity index (χ0n) is 29.1. The van der Waals surface area contributed by atoms with Crippen molar-refractivity contribution in [3.05, 3.63) is 187 Å². The van der Waals surface area contributed by atoms with Gasteiger partial charge in [-0.2, -0.15) is 0 Å². The van der Waals surface area contributed by atoms with Crippen LogP contribution in [0.2, 0.25) is 0 Å². The molecular weight excluding hydrogens is 663 g/mol. The first-order valence-corrected chi connectivity index (χ1v) is 18.3. The standard InChI is InChI=1S/C49H31N3O2/c1-3-12-30(13-4-1)31-22-24-33(25-23-31)48-50-47(32-14-5-2-6-15-32)51-49(52-48)40-27-26-38(46-44(40)39-18-9-10-21-42(39)53-46)36-19-11-20-37-41-28-34-16-7-8-17-35(34)29-43(41)54-45(36)37/h1-29,37,45H. The Morgan fingerprint density at radius 3 is 1.87 bits per heavy atom. The zero-order valence-corrected chi connectivity index (χ0v) is 29.1. The van der Waals surface area contributed by atoms with Crippen LogP contribution in [0.15, 0.2) is 180 Å². The van der Waals surface area contributed by atoms with Crippen molar-refractivity contribution in [1.82, 2.24) is 15.0 Å². The van der Waals surface area contributed by atoms with Gasteiger partial charge in [-0.15, -0.1) is 0 Å². The van der Waals surface area contributed by atoms with Gasteiger partial charge in [0, 0.05) is 50.1 Å². The first kappa shape index (κ1) is 30.5. The molecule has 54 heavy (non-hydrogen) atoms. The lowest BCUT2D eigenvalue weighted by Gasteiger charge is -2.23. The van der Waals surface area contributed by atoms with Crippen molar-refractivity contribution in [3.8, 4) is 51.0 Å². The van der Waals surface area contributed by atoms with Gasteiger partial charge in [-0.05, 0) is 46.2 Å². The van der Waals surface area contributed by atoms with Crippen LogP contribution in [-0.4, -0.2) is 21.1 Å². The summed E-state index contributed by atoms with van der Waals surface area (Å²) in [5.41, 5.74) is 9.89. The molecule has 5 nitrogen and oxygen atoms in total. The molecule has 0 radical (unpaired) electrons. The molecule has 2 aromatic heterocycles. The van der Waals surface area contributed by atoms with E-state index in [1.54, 1.807) is 0 Å². The molecule has 0 amide bonds. The van der Waals surface area contributed by atoms with Gasteiger partial charge in [0.05, 0.1) is 0 Å². The number of benzene rings is 7. The Morgan fingerprint density at radius 1 is 0.500 bits per heavy atom. The van der Waals surface area contributed by atoms with Gasteiger partial charge < -0.3 is 9.15 Å². The van der Waals surface area contributed by atoms with Gasteiger partial charge in [-0.3, -0.25) is 0 Å². The molecule has 0 saturated heterocycles. The molecule has 0 fully saturated rings. The van der Waals surface area contributed by atoms with Gasteiger partial charge in [0.25, 0.3) is 0 Å². The van der Waals surface area contributed by atoms with Crippen molar-refractivity contribution in [2.75, 3.05) is 0 Å². The van der Waals surface area contributed by atoms with Crippen LogP contribution >= 0.6 is 0 Å². The normalized spacial score (nSPS) is 16.0. The molecule has 254 valence electrons. The van der Waals surface area contributed by atoms with Crippen molar-refractivity contribution in [2.24, 2.45) is 0 Å². The van der Waals surface area contributed by atoms with E-state index in [0.29, 0.717) is 17.5 Å². The number of furan rings is 1. The maximum atomic E-state index is 6.80. The van der Waals surface area contributed by atoms with Crippen LogP contribution in [-0.2, 0) is 0 Å². The maximum absolute atomic E-state index is 6.80. The minimum Gasteiger partial charge on any atom is -0.484 e. The van der Waals surface area contributed by atoms with Crippen LogP contribution in [0, 0.1) is 0 Å². The van der Waals surface area contributed by atoms with Crippen LogP contribution in [0.4, 0.5) is 0 Å². The van der Waals surface area contributed by atoms with Crippen molar-refractivity contribution >= 4 is 38.3 Å². The summed E-state index contributed by atoms with van der Waals surface area (Å²) in [7, 11) is 0. The predicted molar refractivity (Wildman–Crippen MR) is 217 cm³/mol. The number of hydrogen-bond donors (Lipinski definition) is 0. The third kappa shape index (κ3) is 4.97. The van der Waals surface area contributed by atoms with Gasteiger partial charge in [-0.1, -0.05) is 152 Å². The maximum Gasteiger partial charge on any atom is 0.164 e. The largest absolute Gasteiger partial charge is 0.484 e. The van der Waals surface area contributed by atoms with Gasteiger partial charge in [0.15, 0.2) is 17.5 Å². The van der Waals surface area contributed by atoms with E-state index in [1.165, 1.54) is 16.3 Å². The van der Waals surface area contributed by atoms with E-state index >= 15 is 0 Å². The number of para-hydroxylation sites is 1. The number of allylic oxidation sites excluding steroid dienone is 2. The molecule has 1 aliphatic heterocycles. The molecular formula is C49H31N3O2. The minimum atomic E-state index is -0.184. The van der Waals surface area contributed by atoms with Gasteiger partial charge in [0.2, 0.25) is 0 Å². The fourth-order valence-electron chi connectivity index (χ4n) is 8.08. The summed E-state index contributed by atoms with van der Waals surface area (Å²) in [5.74, 6) is 2.83. The van der Waals surface area contributed by atoms with Crippen LogP contribution < -0.4 is 4.74 Å². The Labute approximate surface area is 311 Å². The first-order valence-electron chi connectivity index (χ1n) is 18.3. The lowest BCUT2D eigenvalue weighted by Crippen LogP contribution is -2.21. The highest BCUT2D eigenvalue weighted by atomic mass is 16.5. The monoisotopic (exact) mass is 693 g/mol. The number of hydrogen-bond acceptors (Lipinski definition) is 5. The van der Waals surface area contributed by atoms with E-state index in [-0.39, 0.29) is 12.0 Å². The van der Waals surface area contributed by atoms with E-state index in [4.69, 9.17) is 24.1 Å². The highest BCUT2D eigenvalue weighted by molar-refractivity contribution is 6.15. The fourth-order valence-corrected chi connectivity index (χ4v) is 8.08. The fraction of sp³-hybridized carbons (Fsp3) is 0.0408. The summed E-state index contributed by atoms with van der Waals surface area (Å²) in [6.45, 7) is 0. The quantitative estimate of drug-likeness (QED) is 0.180. The second kappa shape index (κ2) is 12.2. The summed E-state index contributed by atoms with van der Waals surface area (Å²) in [6.07, 6.45) is 6.39. The predicted octanol–water partition coefficient (Wildman–Crippen LogP) is 12.1. The number of rotatable bonds is 5. The summed E-state index contributed by atoms with van der Waals surface area (Å²) in [5, 5.41) is 4.36. The SMILES string of the molecule is C1=CC2c3cc4ccccc4cc3OC2C(c2ccc(-c3nc(-c4ccccc4)nc(-c4ccc(-c5ccccc5)cc4)n3)c3c2oc2ccccc23)=C1. The molecule has 2 unspecified atom stereocenters. The molecule has 11 rings (SSSR count). The molecule has 1 aliphatic carbocycles. The summed E-state index contributed by atoms with van der Waals surface area (Å²) in [4.78, 5) is 15.3. The van der Waals surface area contributed by atoms with Crippen molar-refractivity contribution in [1.29, 1.82) is 0 Å². The van der Waals surface area contributed by atoms with E-state index in [1.807, 2.05) is 48.5 Å². The third-order valence-corrected chi connectivity index (χ3v) is 10.7. The van der Waals surface area contributed by atoms with E-state index in [9.17, 15) is 0 Å². The van der Waals surface area contributed by atoms with Gasteiger partial charge in [-0.25, -0.2) is 15.0 Å². The Morgan fingerprint density at radius 2 is 1.09 bits per heavy atom. The van der Waals surface area contributed by atoms with Crippen molar-refractivity contribution < 1.29 is 9.15 Å². The van der Waals surface area contributed by atoms with E-state index in [0.717, 1.165) is 66.6 Å². The number of aromatic nitrogens is 3. The van der Waals surface area contributed by atoms with Crippen LogP contribution in [0.5, 0.6) is 5.75 Å². The molecule has 0 saturated carbocycles. The number of nitrogens with zero attached hydrogens (tertiary/aromatic N) is 3. The topological polar surface area (TPSA) is 61.0 Å². The zero-order chi connectivity index (χ0) is 35.6. The van der Waals surface area contributed by atoms with Crippen LogP contribution in [0.1, 0.15) is 17.0 Å². The average Bonchev–Trinajstić information content (AvgIpc) is 3.82. The molecule has 3 heterocycles. The molecule has 5 heteroatoms. The smallest absolute Gasteiger partial charge is 0.164 e. The molecule has 2 aliphatic rings. The molecule has 2 atom stereocenters. The summed E-state index contributed by atoms with van der Waals surface area (Å²) >= 11 is 0. The lowest BCUT2D eigenvalue weighted by molar-refractivity contribution is 0.278. The Hall–Kier alpha value is -7.11. The third-order valence-electron chi connectivity index (χ3n) is 10.7.